The quantitative estimate of drug-likeness (QED) is 0.615. The highest BCUT2D eigenvalue weighted by atomic mass is 16.7. The Balaban J connectivity index is 1.63. The number of methoxy groups -OCH3 is 1. The molecule has 0 spiro atoms. The number of esters is 2. The number of hydrogen-bond acceptors (Lipinski definition) is 8. The molecule has 3 N–H and O–H groups in total. The molecular formula is C21H22O8. The van der Waals surface area contributed by atoms with E-state index in [1.54, 1.807) is 12.1 Å². The number of rotatable bonds is 5. The van der Waals surface area contributed by atoms with Crippen molar-refractivity contribution in [1.82, 2.24) is 0 Å². The zero-order chi connectivity index (χ0) is 21.0. The molecule has 0 amide bonds. The molecule has 1 heterocycles. The maximum atomic E-state index is 12.2. The summed E-state index contributed by atoms with van der Waals surface area (Å²) in [6.07, 6.45) is -8.47. The lowest BCUT2D eigenvalue weighted by Crippen LogP contribution is -2.60. The van der Waals surface area contributed by atoms with E-state index in [9.17, 15) is 24.9 Å². The average Bonchev–Trinajstić information content (AvgIpc) is 2.74. The highest BCUT2D eigenvalue weighted by Gasteiger charge is 2.48. The van der Waals surface area contributed by atoms with Gasteiger partial charge in [0, 0.05) is 0 Å². The molecule has 1 fully saturated rings. The lowest BCUT2D eigenvalue weighted by molar-refractivity contribution is -0.286. The minimum Gasteiger partial charge on any atom is -0.467 e. The third kappa shape index (κ3) is 4.80. The predicted octanol–water partition coefficient (Wildman–Crippen LogP) is 0.420. The van der Waals surface area contributed by atoms with Gasteiger partial charge >= 0.3 is 11.9 Å². The minimum absolute atomic E-state index is 0.108. The van der Waals surface area contributed by atoms with Crippen LogP contribution in [0, 0.1) is 0 Å². The van der Waals surface area contributed by atoms with Crippen molar-refractivity contribution in [2.75, 3.05) is 7.11 Å². The summed E-state index contributed by atoms with van der Waals surface area (Å²) in [6, 6.07) is 17.0. The molecule has 0 aliphatic carbocycles. The van der Waals surface area contributed by atoms with E-state index in [1.807, 2.05) is 42.5 Å². The summed E-state index contributed by atoms with van der Waals surface area (Å²) in [7, 11) is 1.08. The Labute approximate surface area is 167 Å². The molecule has 1 saturated heterocycles. The third-order valence-electron chi connectivity index (χ3n) is 4.66. The number of benzene rings is 2. The molecule has 0 unspecified atom stereocenters. The number of aliphatic hydroxyl groups is 3. The topological polar surface area (TPSA) is 123 Å². The van der Waals surface area contributed by atoms with Crippen LogP contribution in [0.1, 0.15) is 5.56 Å². The Morgan fingerprint density at radius 3 is 2.14 bits per heavy atom. The van der Waals surface area contributed by atoms with Crippen LogP contribution in [0.3, 0.4) is 0 Å². The van der Waals surface area contributed by atoms with E-state index in [1.165, 1.54) is 0 Å². The van der Waals surface area contributed by atoms with Crippen LogP contribution in [0.25, 0.3) is 11.1 Å². The van der Waals surface area contributed by atoms with E-state index in [0.29, 0.717) is 5.56 Å². The fourth-order valence-electron chi connectivity index (χ4n) is 3.04. The predicted molar refractivity (Wildman–Crippen MR) is 100 cm³/mol. The number of ether oxygens (including phenoxy) is 3. The van der Waals surface area contributed by atoms with Crippen molar-refractivity contribution >= 4 is 11.9 Å². The first-order valence-corrected chi connectivity index (χ1v) is 9.02. The second-order valence-electron chi connectivity index (χ2n) is 6.65. The first kappa shape index (κ1) is 20.9. The van der Waals surface area contributed by atoms with Crippen molar-refractivity contribution in [2.45, 2.75) is 37.1 Å². The van der Waals surface area contributed by atoms with Gasteiger partial charge in [-0.15, -0.1) is 0 Å². The normalized spacial score (nSPS) is 26.6. The van der Waals surface area contributed by atoms with Crippen molar-refractivity contribution in [2.24, 2.45) is 0 Å². The molecule has 5 atom stereocenters. The molecule has 8 heteroatoms. The van der Waals surface area contributed by atoms with Gasteiger partial charge in [0.25, 0.3) is 0 Å². The van der Waals surface area contributed by atoms with Crippen LogP contribution in [-0.4, -0.2) is 65.1 Å². The van der Waals surface area contributed by atoms with E-state index < -0.39 is 42.6 Å². The van der Waals surface area contributed by atoms with Gasteiger partial charge in [-0.25, -0.2) is 4.79 Å². The van der Waals surface area contributed by atoms with Crippen LogP contribution >= 0.6 is 0 Å². The van der Waals surface area contributed by atoms with Gasteiger partial charge in [-0.05, 0) is 16.7 Å². The summed E-state index contributed by atoms with van der Waals surface area (Å²) < 4.78 is 14.7. The van der Waals surface area contributed by atoms with E-state index in [0.717, 1.165) is 18.2 Å². The van der Waals surface area contributed by atoms with E-state index >= 15 is 0 Å². The second kappa shape index (κ2) is 9.15. The first-order valence-electron chi connectivity index (χ1n) is 9.02. The van der Waals surface area contributed by atoms with E-state index in [2.05, 4.69) is 4.74 Å². The highest BCUT2D eigenvalue weighted by molar-refractivity contribution is 5.76. The highest BCUT2D eigenvalue weighted by Crippen LogP contribution is 2.24. The zero-order valence-corrected chi connectivity index (χ0v) is 15.7. The molecule has 154 valence electrons. The van der Waals surface area contributed by atoms with Crippen LogP contribution in [0.4, 0.5) is 0 Å². The smallest absolute Gasteiger partial charge is 0.337 e. The molecule has 0 radical (unpaired) electrons. The van der Waals surface area contributed by atoms with Gasteiger partial charge in [0.1, 0.15) is 18.3 Å². The molecule has 0 bridgehead atoms. The SMILES string of the molecule is COC(=O)[C@H]1O[C@@H](OC(=O)Cc2ccc(-c3ccccc3)cc2)[C@H](O)[C@@H](O)[C@@H]1O. The van der Waals surface area contributed by atoms with Crippen molar-refractivity contribution in [3.63, 3.8) is 0 Å². The molecule has 8 nitrogen and oxygen atoms in total. The van der Waals surface area contributed by atoms with Gasteiger partial charge in [0.15, 0.2) is 6.10 Å². The number of hydrogen-bond donors (Lipinski definition) is 3. The standard InChI is InChI=1S/C21H22O8/c1-27-20(26)19-17(24)16(23)18(25)21(29-19)28-15(22)11-12-7-9-14(10-8-12)13-5-3-2-4-6-13/h2-10,16-19,21,23-25H,11H2,1H3/t16-,17-,18+,19-,21+/m0/s1. The number of carbonyl (C=O) groups excluding carboxylic acids is 2. The fraction of sp³-hybridized carbons (Fsp3) is 0.333. The Hall–Kier alpha value is -2.78. The van der Waals surface area contributed by atoms with Gasteiger partial charge in [-0.2, -0.15) is 0 Å². The summed E-state index contributed by atoms with van der Waals surface area (Å²) in [5.41, 5.74) is 2.71. The van der Waals surface area contributed by atoms with Crippen LogP contribution in [0.5, 0.6) is 0 Å². The first-order chi connectivity index (χ1) is 13.9. The maximum Gasteiger partial charge on any atom is 0.337 e. The third-order valence-corrected chi connectivity index (χ3v) is 4.66. The van der Waals surface area contributed by atoms with Gasteiger partial charge in [0.05, 0.1) is 13.5 Å². The number of carbonyl (C=O) groups is 2. The molecule has 0 saturated carbocycles. The largest absolute Gasteiger partial charge is 0.467 e. The summed E-state index contributed by atoms with van der Waals surface area (Å²) in [5, 5.41) is 29.7. The van der Waals surface area contributed by atoms with Crippen LogP contribution in [-0.2, 0) is 30.2 Å². The van der Waals surface area contributed by atoms with E-state index in [-0.39, 0.29) is 6.42 Å². The summed E-state index contributed by atoms with van der Waals surface area (Å²) in [5.74, 6) is -1.69. The fourth-order valence-corrected chi connectivity index (χ4v) is 3.04. The molecular weight excluding hydrogens is 380 g/mol. The monoisotopic (exact) mass is 402 g/mol. The maximum absolute atomic E-state index is 12.2. The van der Waals surface area contributed by atoms with Gasteiger partial charge in [-0.3, -0.25) is 4.79 Å². The van der Waals surface area contributed by atoms with Crippen LogP contribution in [0.2, 0.25) is 0 Å². The van der Waals surface area contributed by atoms with Crippen LogP contribution < -0.4 is 0 Å². The summed E-state index contributed by atoms with van der Waals surface area (Å²) in [4.78, 5) is 23.9. The number of aliphatic hydroxyl groups excluding tert-OH is 3. The van der Waals surface area contributed by atoms with Crippen molar-refractivity contribution in [1.29, 1.82) is 0 Å². The van der Waals surface area contributed by atoms with Crippen molar-refractivity contribution in [3.05, 3.63) is 60.2 Å². The van der Waals surface area contributed by atoms with Crippen molar-refractivity contribution in [3.8, 4) is 11.1 Å². The lowest BCUT2D eigenvalue weighted by atomic mass is 9.99. The molecule has 29 heavy (non-hydrogen) atoms. The van der Waals surface area contributed by atoms with Gasteiger partial charge < -0.3 is 29.5 Å². The Morgan fingerprint density at radius 1 is 0.897 bits per heavy atom. The molecule has 2 aromatic rings. The van der Waals surface area contributed by atoms with Gasteiger partial charge in [-0.1, -0.05) is 54.6 Å². The molecule has 2 aromatic carbocycles. The van der Waals surface area contributed by atoms with Gasteiger partial charge in [0.2, 0.25) is 6.29 Å². The van der Waals surface area contributed by atoms with Crippen LogP contribution in [0.15, 0.2) is 54.6 Å². The zero-order valence-electron chi connectivity index (χ0n) is 15.7. The van der Waals surface area contributed by atoms with E-state index in [4.69, 9.17) is 9.47 Å². The molecule has 1 aliphatic rings. The molecule has 3 rings (SSSR count). The minimum atomic E-state index is -1.74. The molecule has 1 aliphatic heterocycles. The van der Waals surface area contributed by atoms with Crippen molar-refractivity contribution < 1.29 is 39.1 Å². The average molecular weight is 402 g/mol. The lowest BCUT2D eigenvalue weighted by Gasteiger charge is -2.38. The Bertz CT molecular complexity index is 836. The molecule has 0 aromatic heterocycles. The Kier molecular flexibility index (Phi) is 6.60. The second-order valence-corrected chi connectivity index (χ2v) is 6.65. The summed E-state index contributed by atoms with van der Waals surface area (Å²) in [6.45, 7) is 0. The Morgan fingerprint density at radius 2 is 1.52 bits per heavy atom. The summed E-state index contributed by atoms with van der Waals surface area (Å²) >= 11 is 0.